The zero-order valence-corrected chi connectivity index (χ0v) is 10.9. The number of pyridine rings is 1. The number of hydrogen-bond donors (Lipinski definition) is 2. The third kappa shape index (κ3) is 1.92. The van der Waals surface area contributed by atoms with Gasteiger partial charge in [-0.25, -0.2) is 4.79 Å². The fraction of sp³-hybridized carbons (Fsp3) is 0.500. The normalized spacial score (nSPS) is 28.4. The highest BCUT2D eigenvalue weighted by Gasteiger charge is 2.49. The summed E-state index contributed by atoms with van der Waals surface area (Å²) in [6.07, 6.45) is 4.28. The van der Waals surface area contributed by atoms with Crippen molar-refractivity contribution in [3.8, 4) is 0 Å². The van der Waals surface area contributed by atoms with E-state index in [1.54, 1.807) is 6.07 Å². The standard InChI is InChI=1S/C14H16N2O4/c17-12-10(5-2-6-15-12)13(18)16-7-8-3-1-4-9(8)11(16)14(19)20/h2,5-6,8-9,11H,1,3-4,7H2,(H,15,17)(H,19,20). The number of nitrogens with one attached hydrogen (secondary N) is 1. The van der Waals surface area contributed by atoms with Crippen LogP contribution in [0.3, 0.4) is 0 Å². The van der Waals surface area contributed by atoms with E-state index in [1.165, 1.54) is 17.2 Å². The Balaban J connectivity index is 1.93. The summed E-state index contributed by atoms with van der Waals surface area (Å²) < 4.78 is 0. The minimum absolute atomic E-state index is 0.0127. The zero-order chi connectivity index (χ0) is 14.3. The molecular formula is C14H16N2O4. The summed E-state index contributed by atoms with van der Waals surface area (Å²) in [5.41, 5.74) is -0.461. The molecule has 2 fully saturated rings. The van der Waals surface area contributed by atoms with Crippen LogP contribution in [-0.2, 0) is 4.79 Å². The molecule has 0 radical (unpaired) electrons. The number of rotatable bonds is 2. The fourth-order valence-electron chi connectivity index (χ4n) is 3.58. The number of carbonyl (C=O) groups excluding carboxylic acids is 1. The van der Waals surface area contributed by atoms with Gasteiger partial charge in [-0.05, 0) is 36.8 Å². The Hall–Kier alpha value is -2.11. The smallest absolute Gasteiger partial charge is 0.326 e. The van der Waals surface area contributed by atoms with Gasteiger partial charge in [-0.1, -0.05) is 6.42 Å². The van der Waals surface area contributed by atoms with Crippen LogP contribution in [0.15, 0.2) is 23.1 Å². The first-order chi connectivity index (χ1) is 9.59. The first kappa shape index (κ1) is 12.9. The SMILES string of the molecule is O=C(O)C1C2CCCC2CN1C(=O)c1ccc[nH]c1=O. The van der Waals surface area contributed by atoms with Crippen LogP contribution in [-0.4, -0.2) is 39.5 Å². The van der Waals surface area contributed by atoms with Gasteiger partial charge in [0.15, 0.2) is 0 Å². The Bertz CT molecular complexity index is 609. The highest BCUT2D eigenvalue weighted by Crippen LogP contribution is 2.42. The van der Waals surface area contributed by atoms with Crippen molar-refractivity contribution in [3.63, 3.8) is 0 Å². The number of fused-ring (bicyclic) bond motifs is 1. The fourth-order valence-corrected chi connectivity index (χ4v) is 3.58. The van der Waals surface area contributed by atoms with Crippen LogP contribution in [0.25, 0.3) is 0 Å². The summed E-state index contributed by atoms with van der Waals surface area (Å²) in [5.74, 6) is -1.17. The van der Waals surface area contributed by atoms with Crippen LogP contribution in [0.1, 0.15) is 29.6 Å². The number of carbonyl (C=O) groups is 2. The maximum Gasteiger partial charge on any atom is 0.326 e. The van der Waals surface area contributed by atoms with Crippen molar-refractivity contribution in [1.82, 2.24) is 9.88 Å². The number of H-pyrrole nitrogens is 1. The number of aromatic nitrogens is 1. The molecule has 1 aromatic heterocycles. The molecule has 1 aliphatic heterocycles. The Morgan fingerprint density at radius 3 is 2.85 bits per heavy atom. The quantitative estimate of drug-likeness (QED) is 0.832. The second-order valence-electron chi connectivity index (χ2n) is 5.51. The molecule has 20 heavy (non-hydrogen) atoms. The van der Waals surface area contributed by atoms with Gasteiger partial charge in [0, 0.05) is 12.7 Å². The number of hydrogen-bond acceptors (Lipinski definition) is 3. The summed E-state index contributed by atoms with van der Waals surface area (Å²) in [4.78, 5) is 39.5. The Kier molecular flexibility index (Phi) is 3.08. The highest BCUT2D eigenvalue weighted by molar-refractivity contribution is 5.96. The number of likely N-dealkylation sites (tertiary alicyclic amines) is 1. The Labute approximate surface area is 115 Å². The zero-order valence-electron chi connectivity index (χ0n) is 10.9. The van der Waals surface area contributed by atoms with E-state index in [9.17, 15) is 19.5 Å². The van der Waals surface area contributed by atoms with Gasteiger partial charge < -0.3 is 15.0 Å². The third-order valence-electron chi connectivity index (χ3n) is 4.45. The Morgan fingerprint density at radius 2 is 2.15 bits per heavy atom. The van der Waals surface area contributed by atoms with Crippen molar-refractivity contribution in [1.29, 1.82) is 0 Å². The summed E-state index contributed by atoms with van der Waals surface area (Å²) in [7, 11) is 0. The number of aliphatic carboxylic acids is 1. The number of aromatic amines is 1. The van der Waals surface area contributed by atoms with Gasteiger partial charge >= 0.3 is 5.97 Å². The van der Waals surface area contributed by atoms with E-state index in [1.807, 2.05) is 0 Å². The molecule has 1 saturated heterocycles. The van der Waals surface area contributed by atoms with E-state index in [-0.39, 0.29) is 17.4 Å². The molecular weight excluding hydrogens is 260 g/mol. The predicted octanol–water partition coefficient (Wildman–Crippen LogP) is 0.700. The molecule has 0 spiro atoms. The van der Waals surface area contributed by atoms with Crippen molar-refractivity contribution in [3.05, 3.63) is 34.2 Å². The first-order valence-corrected chi connectivity index (χ1v) is 6.81. The van der Waals surface area contributed by atoms with Crippen LogP contribution in [0.4, 0.5) is 0 Å². The summed E-state index contributed by atoms with van der Waals surface area (Å²) in [5, 5.41) is 9.42. The number of carboxylic acids is 1. The van der Waals surface area contributed by atoms with Crippen LogP contribution in [0, 0.1) is 11.8 Å². The molecule has 2 N–H and O–H groups in total. The highest BCUT2D eigenvalue weighted by atomic mass is 16.4. The summed E-state index contributed by atoms with van der Waals surface area (Å²) >= 11 is 0. The van der Waals surface area contributed by atoms with Gasteiger partial charge in [-0.15, -0.1) is 0 Å². The van der Waals surface area contributed by atoms with Gasteiger partial charge in [0.2, 0.25) is 0 Å². The van der Waals surface area contributed by atoms with Crippen LogP contribution in [0.2, 0.25) is 0 Å². The molecule has 2 heterocycles. The summed E-state index contributed by atoms with van der Waals surface area (Å²) in [6, 6.07) is 2.21. The van der Waals surface area contributed by atoms with Crippen molar-refractivity contribution >= 4 is 11.9 Å². The summed E-state index contributed by atoms with van der Waals surface area (Å²) in [6.45, 7) is 0.439. The second-order valence-corrected chi connectivity index (χ2v) is 5.51. The van der Waals surface area contributed by atoms with Gasteiger partial charge in [0.05, 0.1) is 0 Å². The number of amides is 1. The van der Waals surface area contributed by atoms with Gasteiger partial charge in [-0.2, -0.15) is 0 Å². The molecule has 6 heteroatoms. The van der Waals surface area contributed by atoms with Crippen molar-refractivity contribution in [2.75, 3.05) is 6.54 Å². The molecule has 1 saturated carbocycles. The van der Waals surface area contributed by atoms with E-state index in [4.69, 9.17) is 0 Å². The Morgan fingerprint density at radius 1 is 1.35 bits per heavy atom. The van der Waals surface area contributed by atoms with Gasteiger partial charge in [0.1, 0.15) is 11.6 Å². The second kappa shape index (κ2) is 4.77. The number of nitrogens with zero attached hydrogens (tertiary/aromatic N) is 1. The molecule has 1 amide bonds. The molecule has 106 valence electrons. The van der Waals surface area contributed by atoms with E-state index < -0.39 is 23.5 Å². The van der Waals surface area contributed by atoms with Gasteiger partial charge in [-0.3, -0.25) is 9.59 Å². The number of carboxylic acid groups (broad SMARTS) is 1. The maximum atomic E-state index is 12.5. The lowest BCUT2D eigenvalue weighted by Gasteiger charge is -2.24. The molecule has 0 aromatic carbocycles. The minimum Gasteiger partial charge on any atom is -0.480 e. The average molecular weight is 276 g/mol. The molecule has 3 atom stereocenters. The van der Waals surface area contributed by atoms with E-state index in [0.717, 1.165) is 19.3 Å². The van der Waals surface area contributed by atoms with E-state index >= 15 is 0 Å². The molecule has 6 nitrogen and oxygen atoms in total. The molecule has 1 aromatic rings. The topological polar surface area (TPSA) is 90.5 Å². The molecule has 3 rings (SSSR count). The largest absolute Gasteiger partial charge is 0.480 e. The average Bonchev–Trinajstić information content (AvgIpc) is 2.97. The lowest BCUT2D eigenvalue weighted by atomic mass is 9.94. The predicted molar refractivity (Wildman–Crippen MR) is 70.4 cm³/mol. The lowest BCUT2D eigenvalue weighted by molar-refractivity contribution is -0.142. The molecule has 1 aliphatic carbocycles. The molecule has 3 unspecified atom stereocenters. The van der Waals surface area contributed by atoms with E-state index in [0.29, 0.717) is 6.54 Å². The monoisotopic (exact) mass is 276 g/mol. The molecule has 0 bridgehead atoms. The van der Waals surface area contributed by atoms with Crippen molar-refractivity contribution in [2.45, 2.75) is 25.3 Å². The van der Waals surface area contributed by atoms with Crippen LogP contribution in [0.5, 0.6) is 0 Å². The van der Waals surface area contributed by atoms with Gasteiger partial charge in [0.25, 0.3) is 11.5 Å². The van der Waals surface area contributed by atoms with Crippen LogP contribution < -0.4 is 5.56 Å². The molecule has 2 aliphatic rings. The van der Waals surface area contributed by atoms with E-state index in [2.05, 4.69) is 4.98 Å². The van der Waals surface area contributed by atoms with Crippen LogP contribution >= 0.6 is 0 Å². The third-order valence-corrected chi connectivity index (χ3v) is 4.45. The first-order valence-electron chi connectivity index (χ1n) is 6.81. The lowest BCUT2D eigenvalue weighted by Crippen LogP contribution is -2.44. The van der Waals surface area contributed by atoms with Crippen molar-refractivity contribution in [2.24, 2.45) is 11.8 Å². The van der Waals surface area contributed by atoms with Crippen molar-refractivity contribution < 1.29 is 14.7 Å². The minimum atomic E-state index is -0.972. The maximum absolute atomic E-state index is 12.5.